The van der Waals surface area contributed by atoms with Crippen molar-refractivity contribution in [2.75, 3.05) is 19.0 Å². The fourth-order valence-corrected chi connectivity index (χ4v) is 3.36. The van der Waals surface area contributed by atoms with Gasteiger partial charge in [-0.05, 0) is 30.3 Å². The predicted octanol–water partition coefficient (Wildman–Crippen LogP) is 4.94. The average molecular weight is 505 g/mol. The van der Waals surface area contributed by atoms with E-state index in [1.165, 1.54) is 30.1 Å². The number of alkyl halides is 4. The number of methoxy groups -OCH3 is 1. The highest BCUT2D eigenvalue weighted by molar-refractivity contribution is 5.60. The standard InChI is InChI=1S/C24H20F5N5O2/c1-23(26,27)24(28,29)14-30-16-9-6-10-17(20(16)25)33-13-19(36-2)22(35)21(32-33)18-11-12-31-34(18)15-7-4-3-5-8-15/h3-13,30H,14H2,1-2H3. The van der Waals surface area contributed by atoms with Crippen LogP contribution in [0.2, 0.25) is 0 Å². The van der Waals surface area contributed by atoms with Crippen LogP contribution in [0.5, 0.6) is 5.75 Å². The molecule has 4 rings (SSSR count). The predicted molar refractivity (Wildman–Crippen MR) is 123 cm³/mol. The molecule has 0 bridgehead atoms. The Morgan fingerprint density at radius 2 is 1.75 bits per heavy atom. The lowest BCUT2D eigenvalue weighted by atomic mass is 10.2. The first kappa shape index (κ1) is 24.9. The first-order valence-corrected chi connectivity index (χ1v) is 10.6. The summed E-state index contributed by atoms with van der Waals surface area (Å²) in [5, 5.41) is 10.5. The minimum Gasteiger partial charge on any atom is -0.491 e. The summed E-state index contributed by atoms with van der Waals surface area (Å²) in [6.07, 6.45) is 2.59. The number of hydrogen-bond acceptors (Lipinski definition) is 5. The Labute approximate surface area is 201 Å². The molecule has 12 heteroatoms. The molecule has 7 nitrogen and oxygen atoms in total. The number of benzene rings is 2. The smallest absolute Gasteiger partial charge is 0.326 e. The van der Waals surface area contributed by atoms with Gasteiger partial charge in [-0.3, -0.25) is 4.79 Å². The van der Waals surface area contributed by atoms with Crippen molar-refractivity contribution in [3.05, 3.63) is 83.0 Å². The number of hydrogen-bond donors (Lipinski definition) is 1. The van der Waals surface area contributed by atoms with Crippen molar-refractivity contribution in [1.29, 1.82) is 0 Å². The van der Waals surface area contributed by atoms with Gasteiger partial charge in [0.15, 0.2) is 17.3 Å². The van der Waals surface area contributed by atoms with Crippen LogP contribution in [0, 0.1) is 5.82 Å². The van der Waals surface area contributed by atoms with Gasteiger partial charge in [-0.15, -0.1) is 0 Å². The number of nitrogens with zero attached hydrogens (tertiary/aromatic N) is 4. The number of anilines is 1. The third-order valence-electron chi connectivity index (χ3n) is 5.36. The molecule has 0 saturated heterocycles. The topological polar surface area (TPSA) is 74.0 Å². The summed E-state index contributed by atoms with van der Waals surface area (Å²) < 4.78 is 76.6. The minimum atomic E-state index is -4.42. The molecule has 2 aromatic heterocycles. The van der Waals surface area contributed by atoms with Crippen LogP contribution in [0.3, 0.4) is 0 Å². The van der Waals surface area contributed by atoms with Crippen molar-refractivity contribution < 1.29 is 26.7 Å². The molecule has 2 heterocycles. The lowest BCUT2D eigenvalue weighted by Gasteiger charge is -2.24. The van der Waals surface area contributed by atoms with E-state index in [2.05, 4.69) is 10.2 Å². The van der Waals surface area contributed by atoms with Crippen molar-refractivity contribution >= 4 is 5.69 Å². The van der Waals surface area contributed by atoms with E-state index in [4.69, 9.17) is 4.74 Å². The summed E-state index contributed by atoms with van der Waals surface area (Å²) in [5.41, 5.74) is -0.474. The van der Waals surface area contributed by atoms with Crippen molar-refractivity contribution in [1.82, 2.24) is 19.6 Å². The highest BCUT2D eigenvalue weighted by Gasteiger charge is 2.51. The third kappa shape index (κ3) is 4.66. The molecule has 0 amide bonds. The molecule has 2 aromatic carbocycles. The van der Waals surface area contributed by atoms with Crippen LogP contribution >= 0.6 is 0 Å². The molecule has 0 fully saturated rings. The molecule has 36 heavy (non-hydrogen) atoms. The lowest BCUT2D eigenvalue weighted by Crippen LogP contribution is -2.43. The second-order valence-corrected chi connectivity index (χ2v) is 7.87. The van der Waals surface area contributed by atoms with Gasteiger partial charge in [0.1, 0.15) is 5.69 Å². The van der Waals surface area contributed by atoms with E-state index < -0.39 is 35.3 Å². The molecule has 0 aliphatic heterocycles. The van der Waals surface area contributed by atoms with Gasteiger partial charge in [0.05, 0.1) is 43.1 Å². The van der Waals surface area contributed by atoms with Crippen LogP contribution in [0.15, 0.2) is 71.8 Å². The van der Waals surface area contributed by atoms with Gasteiger partial charge in [-0.25, -0.2) is 22.5 Å². The maximum absolute atomic E-state index is 15.3. The molecule has 0 aliphatic carbocycles. The molecule has 0 spiro atoms. The average Bonchev–Trinajstić information content (AvgIpc) is 3.33. The summed E-state index contributed by atoms with van der Waals surface area (Å²) in [6.45, 7) is -1.42. The van der Waals surface area contributed by atoms with Gasteiger partial charge in [0.25, 0.3) is 5.43 Å². The van der Waals surface area contributed by atoms with E-state index in [1.54, 1.807) is 30.3 Å². The molecular formula is C24H20F5N5O2. The molecule has 188 valence electrons. The van der Waals surface area contributed by atoms with Crippen LogP contribution in [-0.2, 0) is 0 Å². The Kier molecular flexibility index (Phi) is 6.53. The monoisotopic (exact) mass is 505 g/mol. The summed E-state index contributed by atoms with van der Waals surface area (Å²) in [4.78, 5) is 13.0. The second-order valence-electron chi connectivity index (χ2n) is 7.87. The number of rotatable bonds is 8. The number of nitrogens with one attached hydrogen (secondary N) is 1. The van der Waals surface area contributed by atoms with Gasteiger partial charge in [0, 0.05) is 6.92 Å². The Morgan fingerprint density at radius 1 is 1.03 bits per heavy atom. The molecule has 0 unspecified atom stereocenters. The zero-order chi connectivity index (χ0) is 26.1. The summed E-state index contributed by atoms with van der Waals surface area (Å²) in [6, 6.07) is 14.2. The van der Waals surface area contributed by atoms with Crippen molar-refractivity contribution in [3.63, 3.8) is 0 Å². The SMILES string of the molecule is COc1cn(-c2cccc(NCC(F)(F)C(C)(F)F)c2F)nc(-c2ccnn2-c2ccccc2)c1=O. The molecule has 0 saturated carbocycles. The second kappa shape index (κ2) is 9.44. The summed E-state index contributed by atoms with van der Waals surface area (Å²) >= 11 is 0. The Bertz CT molecular complexity index is 1430. The molecular weight excluding hydrogens is 485 g/mol. The zero-order valence-electron chi connectivity index (χ0n) is 19.1. The first-order valence-electron chi connectivity index (χ1n) is 10.6. The highest BCUT2D eigenvalue weighted by atomic mass is 19.3. The van der Waals surface area contributed by atoms with E-state index in [0.29, 0.717) is 11.4 Å². The van der Waals surface area contributed by atoms with Crippen LogP contribution in [0.1, 0.15) is 6.92 Å². The number of halogens is 5. The largest absolute Gasteiger partial charge is 0.491 e. The van der Waals surface area contributed by atoms with Crippen LogP contribution < -0.4 is 15.5 Å². The normalized spacial score (nSPS) is 12.0. The number of ether oxygens (including phenoxy) is 1. The quantitative estimate of drug-likeness (QED) is 0.344. The highest BCUT2D eigenvalue weighted by Crippen LogP contribution is 2.34. The first-order chi connectivity index (χ1) is 17.0. The van der Waals surface area contributed by atoms with E-state index in [-0.39, 0.29) is 24.1 Å². The van der Waals surface area contributed by atoms with Gasteiger partial charge < -0.3 is 10.1 Å². The van der Waals surface area contributed by atoms with Gasteiger partial charge in [-0.2, -0.15) is 19.0 Å². The lowest BCUT2D eigenvalue weighted by molar-refractivity contribution is -0.188. The van der Waals surface area contributed by atoms with Crippen molar-refractivity contribution in [2.24, 2.45) is 0 Å². The van der Waals surface area contributed by atoms with Gasteiger partial charge in [-0.1, -0.05) is 24.3 Å². The molecule has 0 aliphatic rings. The maximum atomic E-state index is 15.3. The summed E-state index contributed by atoms with van der Waals surface area (Å²) in [5.74, 6) is -9.94. The Balaban J connectivity index is 1.78. The fraction of sp³-hybridized carbons (Fsp3) is 0.208. The van der Waals surface area contributed by atoms with E-state index in [0.717, 1.165) is 16.9 Å². The summed E-state index contributed by atoms with van der Waals surface area (Å²) in [7, 11) is 1.25. The molecule has 0 atom stereocenters. The van der Waals surface area contributed by atoms with Crippen LogP contribution in [0.4, 0.5) is 27.6 Å². The van der Waals surface area contributed by atoms with E-state index >= 15 is 4.39 Å². The van der Waals surface area contributed by atoms with E-state index in [9.17, 15) is 22.4 Å². The van der Waals surface area contributed by atoms with Crippen LogP contribution in [0.25, 0.3) is 22.8 Å². The van der Waals surface area contributed by atoms with Gasteiger partial charge in [0.2, 0.25) is 0 Å². The van der Waals surface area contributed by atoms with E-state index in [1.807, 2.05) is 11.4 Å². The Hall–Kier alpha value is -4.22. The number of aromatic nitrogens is 4. The van der Waals surface area contributed by atoms with Crippen molar-refractivity contribution in [3.8, 4) is 28.5 Å². The molecule has 1 N–H and O–H groups in total. The minimum absolute atomic E-state index is 0.0830. The maximum Gasteiger partial charge on any atom is 0.326 e. The third-order valence-corrected chi connectivity index (χ3v) is 5.36. The van der Waals surface area contributed by atoms with Crippen LogP contribution in [-0.4, -0.2) is 45.1 Å². The van der Waals surface area contributed by atoms with Gasteiger partial charge >= 0.3 is 11.8 Å². The fourth-order valence-electron chi connectivity index (χ4n) is 3.36. The molecule has 0 radical (unpaired) electrons. The van der Waals surface area contributed by atoms with Crippen molar-refractivity contribution in [2.45, 2.75) is 18.8 Å². The zero-order valence-corrected chi connectivity index (χ0v) is 19.1. The Morgan fingerprint density at radius 3 is 2.42 bits per heavy atom. The molecule has 4 aromatic rings. The number of para-hydroxylation sites is 1.